The van der Waals surface area contributed by atoms with Gasteiger partial charge < -0.3 is 0 Å². The molecule has 0 atom stereocenters. The zero-order chi connectivity index (χ0) is 10.8. The molecule has 4 heteroatoms. The molecule has 0 aliphatic heterocycles. The van der Waals surface area contributed by atoms with Crippen LogP contribution in [0.4, 0.5) is 0 Å². The quantitative estimate of drug-likeness (QED) is 0.722. The van der Waals surface area contributed by atoms with Gasteiger partial charge in [0.25, 0.3) is 0 Å². The van der Waals surface area contributed by atoms with E-state index < -0.39 is 0 Å². The van der Waals surface area contributed by atoms with E-state index in [9.17, 15) is 0 Å². The molecule has 1 nitrogen and oxygen atoms in total. The van der Waals surface area contributed by atoms with Crippen LogP contribution >= 0.6 is 34.8 Å². The van der Waals surface area contributed by atoms with Gasteiger partial charge in [-0.1, -0.05) is 46.9 Å². The third-order valence-electron chi connectivity index (χ3n) is 1.95. The first kappa shape index (κ1) is 10.7. The van der Waals surface area contributed by atoms with Gasteiger partial charge in [0.15, 0.2) is 0 Å². The van der Waals surface area contributed by atoms with Crippen molar-refractivity contribution in [3.8, 4) is 11.3 Å². The van der Waals surface area contributed by atoms with E-state index in [1.54, 1.807) is 24.4 Å². The van der Waals surface area contributed by atoms with E-state index in [0.717, 1.165) is 11.3 Å². The monoisotopic (exact) mass is 257 g/mol. The van der Waals surface area contributed by atoms with Crippen LogP contribution in [0.2, 0.25) is 15.1 Å². The lowest BCUT2D eigenvalue weighted by Gasteiger charge is -2.04. The smallest absolute Gasteiger partial charge is 0.0718 e. The second-order valence-corrected chi connectivity index (χ2v) is 4.18. The minimum atomic E-state index is 0.508. The Balaban J connectivity index is 2.54. The zero-order valence-electron chi connectivity index (χ0n) is 7.55. The molecule has 0 unspecified atom stereocenters. The van der Waals surface area contributed by atoms with Gasteiger partial charge in [-0.15, -0.1) is 0 Å². The standard InChI is InChI=1S/C11H6Cl3N/c12-7-4-5-10(15-6-7)8-2-1-3-9(13)11(8)14/h1-6H. The fourth-order valence-corrected chi connectivity index (χ4v) is 1.75. The summed E-state index contributed by atoms with van der Waals surface area (Å²) in [4.78, 5) is 4.18. The SMILES string of the molecule is Clc1ccc(-c2cccc(Cl)c2Cl)nc1. The van der Waals surface area contributed by atoms with Gasteiger partial charge in [0.1, 0.15) is 0 Å². The van der Waals surface area contributed by atoms with Crippen molar-refractivity contribution in [2.75, 3.05) is 0 Å². The van der Waals surface area contributed by atoms with Crippen molar-refractivity contribution >= 4 is 34.8 Å². The normalized spacial score (nSPS) is 10.3. The van der Waals surface area contributed by atoms with E-state index in [1.807, 2.05) is 12.1 Å². The van der Waals surface area contributed by atoms with Gasteiger partial charge in [-0.25, -0.2) is 0 Å². The van der Waals surface area contributed by atoms with Gasteiger partial charge in [-0.3, -0.25) is 4.98 Å². The first-order chi connectivity index (χ1) is 7.18. The van der Waals surface area contributed by atoms with Crippen LogP contribution in [0.5, 0.6) is 0 Å². The number of hydrogen-bond donors (Lipinski definition) is 0. The highest BCUT2D eigenvalue weighted by atomic mass is 35.5. The summed E-state index contributed by atoms with van der Waals surface area (Å²) in [5.41, 5.74) is 1.56. The predicted molar refractivity (Wildman–Crippen MR) is 64.7 cm³/mol. The molecule has 0 aliphatic carbocycles. The van der Waals surface area contributed by atoms with E-state index in [0.29, 0.717) is 15.1 Å². The second-order valence-electron chi connectivity index (χ2n) is 2.96. The average molecular weight is 259 g/mol. The molecule has 1 aromatic heterocycles. The Kier molecular flexibility index (Phi) is 3.15. The summed E-state index contributed by atoms with van der Waals surface area (Å²) in [7, 11) is 0. The molecule has 2 rings (SSSR count). The summed E-state index contributed by atoms with van der Waals surface area (Å²) in [6, 6.07) is 9.01. The van der Waals surface area contributed by atoms with Crippen LogP contribution in [0.3, 0.4) is 0 Å². The molecular formula is C11H6Cl3N. The molecule has 0 N–H and O–H groups in total. The van der Waals surface area contributed by atoms with Crippen molar-refractivity contribution in [1.29, 1.82) is 0 Å². The van der Waals surface area contributed by atoms with Crippen LogP contribution in [0.25, 0.3) is 11.3 Å². The molecule has 76 valence electrons. The fraction of sp³-hybridized carbons (Fsp3) is 0. The Morgan fingerprint density at radius 3 is 2.40 bits per heavy atom. The van der Waals surface area contributed by atoms with Crippen LogP contribution in [0, 0.1) is 0 Å². The minimum absolute atomic E-state index is 0.508. The molecule has 2 aromatic rings. The zero-order valence-corrected chi connectivity index (χ0v) is 9.81. The lowest BCUT2D eigenvalue weighted by atomic mass is 10.1. The molecule has 1 heterocycles. The molecule has 0 amide bonds. The first-order valence-electron chi connectivity index (χ1n) is 4.24. The number of aromatic nitrogens is 1. The van der Waals surface area contributed by atoms with Crippen molar-refractivity contribution in [3.05, 3.63) is 51.6 Å². The van der Waals surface area contributed by atoms with Crippen LogP contribution in [-0.4, -0.2) is 4.98 Å². The maximum atomic E-state index is 6.06. The lowest BCUT2D eigenvalue weighted by Crippen LogP contribution is -1.84. The van der Waals surface area contributed by atoms with Gasteiger partial charge >= 0.3 is 0 Å². The summed E-state index contributed by atoms with van der Waals surface area (Å²) in [5, 5.41) is 1.62. The van der Waals surface area contributed by atoms with E-state index in [1.165, 1.54) is 0 Å². The molecule has 15 heavy (non-hydrogen) atoms. The van der Waals surface area contributed by atoms with E-state index >= 15 is 0 Å². The molecule has 0 radical (unpaired) electrons. The molecule has 0 saturated carbocycles. The Bertz CT molecular complexity index is 480. The van der Waals surface area contributed by atoms with Gasteiger partial charge in [0.05, 0.1) is 20.8 Å². The van der Waals surface area contributed by atoms with Crippen molar-refractivity contribution in [3.63, 3.8) is 0 Å². The van der Waals surface area contributed by atoms with Crippen LogP contribution in [0.1, 0.15) is 0 Å². The molecule has 0 bridgehead atoms. The number of pyridine rings is 1. The number of rotatable bonds is 1. The van der Waals surface area contributed by atoms with Gasteiger partial charge in [-0.05, 0) is 18.2 Å². The summed E-state index contributed by atoms with van der Waals surface area (Å²) in [5.74, 6) is 0. The molecule has 1 aromatic carbocycles. The van der Waals surface area contributed by atoms with E-state index in [-0.39, 0.29) is 0 Å². The summed E-state index contributed by atoms with van der Waals surface area (Å²) in [6.07, 6.45) is 1.58. The summed E-state index contributed by atoms with van der Waals surface area (Å²) >= 11 is 17.7. The molecule has 0 saturated heterocycles. The molecule has 0 fully saturated rings. The van der Waals surface area contributed by atoms with Crippen LogP contribution in [-0.2, 0) is 0 Å². The predicted octanol–water partition coefficient (Wildman–Crippen LogP) is 4.71. The third-order valence-corrected chi connectivity index (χ3v) is 3.00. The lowest BCUT2D eigenvalue weighted by molar-refractivity contribution is 1.33. The Morgan fingerprint density at radius 2 is 1.73 bits per heavy atom. The molecule has 0 spiro atoms. The summed E-state index contributed by atoms with van der Waals surface area (Å²) in [6.45, 7) is 0. The van der Waals surface area contributed by atoms with E-state index in [2.05, 4.69) is 4.98 Å². The highest BCUT2D eigenvalue weighted by Gasteiger charge is 2.07. The number of benzene rings is 1. The molecule has 0 aliphatic rings. The Morgan fingerprint density at radius 1 is 0.933 bits per heavy atom. The van der Waals surface area contributed by atoms with Crippen LogP contribution in [0.15, 0.2) is 36.5 Å². The van der Waals surface area contributed by atoms with Crippen molar-refractivity contribution in [1.82, 2.24) is 4.98 Å². The maximum absolute atomic E-state index is 6.06. The van der Waals surface area contributed by atoms with Crippen LogP contribution < -0.4 is 0 Å². The van der Waals surface area contributed by atoms with E-state index in [4.69, 9.17) is 34.8 Å². The topological polar surface area (TPSA) is 12.9 Å². The minimum Gasteiger partial charge on any atom is -0.255 e. The van der Waals surface area contributed by atoms with Gasteiger partial charge in [0.2, 0.25) is 0 Å². The highest BCUT2D eigenvalue weighted by molar-refractivity contribution is 6.43. The summed E-state index contributed by atoms with van der Waals surface area (Å²) < 4.78 is 0. The highest BCUT2D eigenvalue weighted by Crippen LogP contribution is 2.32. The average Bonchev–Trinajstić information content (AvgIpc) is 2.24. The Labute approximate surface area is 103 Å². The van der Waals surface area contributed by atoms with Crippen molar-refractivity contribution in [2.24, 2.45) is 0 Å². The largest absolute Gasteiger partial charge is 0.255 e. The first-order valence-corrected chi connectivity index (χ1v) is 5.38. The fourth-order valence-electron chi connectivity index (χ4n) is 1.24. The van der Waals surface area contributed by atoms with Gasteiger partial charge in [-0.2, -0.15) is 0 Å². The second kappa shape index (κ2) is 4.40. The van der Waals surface area contributed by atoms with Gasteiger partial charge in [0, 0.05) is 11.8 Å². The maximum Gasteiger partial charge on any atom is 0.0718 e. The number of hydrogen-bond acceptors (Lipinski definition) is 1. The third kappa shape index (κ3) is 2.25. The number of halogens is 3. The Hall–Kier alpha value is -0.760. The molecular weight excluding hydrogens is 252 g/mol. The number of nitrogens with zero attached hydrogens (tertiary/aromatic N) is 1. The van der Waals surface area contributed by atoms with Crippen molar-refractivity contribution in [2.45, 2.75) is 0 Å². The van der Waals surface area contributed by atoms with Crippen molar-refractivity contribution < 1.29 is 0 Å².